The van der Waals surface area contributed by atoms with Crippen molar-refractivity contribution in [3.63, 3.8) is 0 Å². The van der Waals surface area contributed by atoms with E-state index in [9.17, 15) is 14.7 Å². The van der Waals surface area contributed by atoms with Crippen LogP contribution in [0.4, 0.5) is 0 Å². The molecule has 4 atom stereocenters. The number of imide groups is 1. The second-order valence-corrected chi connectivity index (χ2v) is 9.09. The molecular formula is C22H34N4O3. The monoisotopic (exact) mass is 402 g/mol. The van der Waals surface area contributed by atoms with E-state index in [2.05, 4.69) is 27.8 Å². The molecule has 29 heavy (non-hydrogen) atoms. The number of carbonyl (C=O) groups is 2. The van der Waals surface area contributed by atoms with Crippen LogP contribution in [0.15, 0.2) is 17.1 Å². The van der Waals surface area contributed by atoms with Crippen molar-refractivity contribution in [2.75, 3.05) is 26.2 Å². The van der Waals surface area contributed by atoms with Crippen molar-refractivity contribution in [2.45, 2.75) is 57.5 Å². The Kier molecular flexibility index (Phi) is 5.95. The molecule has 3 fully saturated rings. The standard InChI is InChI=1S/C22H34N4O3/c1-2-23-21(25-14-22(29)9-4-3-5-10-22)24-11-6-12-26-19(27)17-15-7-8-16(13-15)18(17)20(26)28/h7-8,15-18,29H,2-6,9-14H2,1H3,(H2,23,24,25). The highest BCUT2D eigenvalue weighted by atomic mass is 16.3. The fraction of sp³-hybridized carbons (Fsp3) is 0.773. The summed E-state index contributed by atoms with van der Waals surface area (Å²) >= 11 is 0. The van der Waals surface area contributed by atoms with E-state index < -0.39 is 5.60 Å². The highest BCUT2D eigenvalue weighted by Crippen LogP contribution is 2.52. The van der Waals surface area contributed by atoms with Crippen LogP contribution in [0.5, 0.6) is 0 Å². The van der Waals surface area contributed by atoms with Crippen LogP contribution in [0, 0.1) is 23.7 Å². The first-order chi connectivity index (χ1) is 14.0. The van der Waals surface area contributed by atoms with Gasteiger partial charge < -0.3 is 15.7 Å². The lowest BCUT2D eigenvalue weighted by molar-refractivity contribution is -0.140. The first-order valence-corrected chi connectivity index (χ1v) is 11.3. The van der Waals surface area contributed by atoms with E-state index in [4.69, 9.17) is 0 Å². The quantitative estimate of drug-likeness (QED) is 0.197. The van der Waals surface area contributed by atoms with Gasteiger partial charge in [-0.2, -0.15) is 0 Å². The Bertz CT molecular complexity index is 668. The van der Waals surface area contributed by atoms with Gasteiger partial charge in [0, 0.05) is 19.6 Å². The minimum absolute atomic E-state index is 0.0249. The van der Waals surface area contributed by atoms with E-state index in [0.717, 1.165) is 38.6 Å². The summed E-state index contributed by atoms with van der Waals surface area (Å²) < 4.78 is 0. The molecule has 7 heteroatoms. The van der Waals surface area contributed by atoms with Crippen LogP contribution in [0.1, 0.15) is 51.9 Å². The first kappa shape index (κ1) is 20.4. The fourth-order valence-corrected chi connectivity index (χ4v) is 5.56. The number of aliphatic imine (C=N–C) groups is 1. The summed E-state index contributed by atoms with van der Waals surface area (Å²) in [6.45, 7) is 4.24. The summed E-state index contributed by atoms with van der Waals surface area (Å²) in [4.78, 5) is 31.5. The number of aliphatic hydroxyl groups is 1. The molecule has 2 bridgehead atoms. The minimum atomic E-state index is -0.680. The van der Waals surface area contributed by atoms with Crippen LogP contribution in [0.2, 0.25) is 0 Å². The lowest BCUT2D eigenvalue weighted by atomic mass is 9.85. The fourth-order valence-electron chi connectivity index (χ4n) is 5.56. The number of rotatable bonds is 7. The number of likely N-dealkylation sites (tertiary alicyclic amines) is 1. The Morgan fingerprint density at radius 1 is 1.14 bits per heavy atom. The number of guanidine groups is 1. The van der Waals surface area contributed by atoms with Crippen molar-refractivity contribution in [3.05, 3.63) is 12.2 Å². The zero-order valence-corrected chi connectivity index (χ0v) is 17.4. The molecule has 0 spiro atoms. The maximum atomic E-state index is 12.7. The number of hydrogen-bond donors (Lipinski definition) is 3. The molecule has 0 radical (unpaired) electrons. The highest BCUT2D eigenvalue weighted by molar-refractivity contribution is 6.06. The Labute approximate surface area is 173 Å². The summed E-state index contributed by atoms with van der Waals surface area (Å²) in [7, 11) is 0. The van der Waals surface area contributed by atoms with Gasteiger partial charge in [0.1, 0.15) is 0 Å². The largest absolute Gasteiger partial charge is 0.388 e. The van der Waals surface area contributed by atoms with Gasteiger partial charge in [-0.05, 0) is 44.4 Å². The maximum Gasteiger partial charge on any atom is 0.233 e. The average molecular weight is 403 g/mol. The number of amides is 2. The second-order valence-electron chi connectivity index (χ2n) is 9.09. The van der Waals surface area contributed by atoms with Crippen LogP contribution in [-0.4, -0.2) is 59.6 Å². The Balaban J connectivity index is 1.25. The normalized spacial score (nSPS) is 32.8. The van der Waals surface area contributed by atoms with Gasteiger partial charge in [0.15, 0.2) is 5.96 Å². The predicted molar refractivity (Wildman–Crippen MR) is 111 cm³/mol. The molecule has 160 valence electrons. The zero-order chi connectivity index (χ0) is 20.4. The molecule has 3 aliphatic carbocycles. The van der Waals surface area contributed by atoms with Crippen molar-refractivity contribution in [3.8, 4) is 0 Å². The third kappa shape index (κ3) is 4.06. The third-order valence-corrected chi connectivity index (χ3v) is 7.07. The first-order valence-electron chi connectivity index (χ1n) is 11.3. The molecular weight excluding hydrogens is 368 g/mol. The second kappa shape index (κ2) is 8.46. The summed E-state index contributed by atoms with van der Waals surface area (Å²) in [5.41, 5.74) is -0.680. The maximum absolute atomic E-state index is 12.7. The van der Waals surface area contributed by atoms with E-state index in [1.54, 1.807) is 0 Å². The van der Waals surface area contributed by atoms with Gasteiger partial charge in [-0.1, -0.05) is 31.4 Å². The molecule has 1 saturated heterocycles. The molecule has 1 heterocycles. The van der Waals surface area contributed by atoms with Crippen molar-refractivity contribution in [1.29, 1.82) is 0 Å². The molecule has 0 aromatic heterocycles. The third-order valence-electron chi connectivity index (χ3n) is 7.07. The van der Waals surface area contributed by atoms with Crippen LogP contribution in [0.25, 0.3) is 0 Å². The molecule has 0 aromatic rings. The van der Waals surface area contributed by atoms with E-state index in [1.807, 2.05) is 6.92 Å². The predicted octanol–water partition coefficient (Wildman–Crippen LogP) is 1.43. The van der Waals surface area contributed by atoms with Crippen molar-refractivity contribution < 1.29 is 14.7 Å². The topological polar surface area (TPSA) is 94.0 Å². The Morgan fingerprint density at radius 3 is 2.41 bits per heavy atom. The SMILES string of the molecule is CCNC(=NCC1(O)CCCCC1)NCCCN1C(=O)C2C3C=CC(C3)C2C1=O. The molecule has 7 nitrogen and oxygen atoms in total. The summed E-state index contributed by atoms with van der Waals surface area (Å²) in [6.07, 6.45) is 10.9. The molecule has 0 aromatic carbocycles. The van der Waals surface area contributed by atoms with Crippen LogP contribution in [-0.2, 0) is 9.59 Å². The van der Waals surface area contributed by atoms with E-state index >= 15 is 0 Å². The molecule has 2 saturated carbocycles. The molecule has 2 amide bonds. The zero-order valence-electron chi connectivity index (χ0n) is 17.4. The van der Waals surface area contributed by atoms with E-state index in [-0.39, 0.29) is 35.5 Å². The van der Waals surface area contributed by atoms with Crippen molar-refractivity contribution in [1.82, 2.24) is 15.5 Å². The Hall–Kier alpha value is -1.89. The van der Waals surface area contributed by atoms with Crippen LogP contribution < -0.4 is 10.6 Å². The van der Waals surface area contributed by atoms with Crippen molar-refractivity contribution >= 4 is 17.8 Å². The number of fused-ring (bicyclic) bond motifs is 5. The van der Waals surface area contributed by atoms with Gasteiger partial charge in [0.05, 0.1) is 24.0 Å². The van der Waals surface area contributed by atoms with Crippen LogP contribution >= 0.6 is 0 Å². The van der Waals surface area contributed by atoms with Gasteiger partial charge in [0.2, 0.25) is 11.8 Å². The number of nitrogens with zero attached hydrogens (tertiary/aromatic N) is 2. The summed E-state index contributed by atoms with van der Waals surface area (Å²) in [6, 6.07) is 0. The molecule has 4 unspecified atom stereocenters. The molecule has 1 aliphatic heterocycles. The van der Waals surface area contributed by atoms with E-state index in [0.29, 0.717) is 32.0 Å². The Morgan fingerprint density at radius 2 is 1.79 bits per heavy atom. The molecule has 4 aliphatic rings. The van der Waals surface area contributed by atoms with Gasteiger partial charge in [-0.3, -0.25) is 19.5 Å². The summed E-state index contributed by atoms with van der Waals surface area (Å²) in [5.74, 6) is 1.05. The van der Waals surface area contributed by atoms with Crippen molar-refractivity contribution in [2.24, 2.45) is 28.7 Å². The lowest BCUT2D eigenvalue weighted by Gasteiger charge is -2.30. The number of hydrogen-bond acceptors (Lipinski definition) is 4. The number of nitrogens with one attached hydrogen (secondary N) is 2. The molecule has 4 rings (SSSR count). The molecule has 3 N–H and O–H groups in total. The number of allylic oxidation sites excluding steroid dienone is 2. The lowest BCUT2D eigenvalue weighted by Crippen LogP contribution is -2.42. The van der Waals surface area contributed by atoms with Gasteiger partial charge in [0.25, 0.3) is 0 Å². The van der Waals surface area contributed by atoms with Gasteiger partial charge in [-0.25, -0.2) is 0 Å². The van der Waals surface area contributed by atoms with Gasteiger partial charge in [-0.15, -0.1) is 0 Å². The van der Waals surface area contributed by atoms with E-state index in [1.165, 1.54) is 11.3 Å². The minimum Gasteiger partial charge on any atom is -0.388 e. The number of carbonyl (C=O) groups excluding carboxylic acids is 2. The average Bonchev–Trinajstić information content (AvgIpc) is 3.39. The van der Waals surface area contributed by atoms with Gasteiger partial charge >= 0.3 is 0 Å². The highest BCUT2D eigenvalue weighted by Gasteiger charge is 2.58. The summed E-state index contributed by atoms with van der Waals surface area (Å²) in [5, 5.41) is 17.1. The smallest absolute Gasteiger partial charge is 0.233 e. The van der Waals surface area contributed by atoms with Crippen LogP contribution in [0.3, 0.4) is 0 Å².